The van der Waals surface area contributed by atoms with Crippen LogP contribution in [0.15, 0.2) is 18.2 Å². The summed E-state index contributed by atoms with van der Waals surface area (Å²) in [5.74, 6) is 1.44. The Morgan fingerprint density at radius 2 is 1.86 bits per heavy atom. The van der Waals surface area contributed by atoms with Crippen LogP contribution in [0.3, 0.4) is 0 Å². The Bertz CT molecular complexity index is 457. The normalized spacial score (nSPS) is 12.1. The van der Waals surface area contributed by atoms with Crippen molar-refractivity contribution in [1.82, 2.24) is 5.32 Å². The van der Waals surface area contributed by atoms with E-state index in [1.165, 1.54) is 0 Å². The Kier molecular flexibility index (Phi) is 7.06. The van der Waals surface area contributed by atoms with Gasteiger partial charge in [-0.05, 0) is 30.0 Å². The first kappa shape index (κ1) is 17.3. The van der Waals surface area contributed by atoms with Crippen LogP contribution in [0.5, 0.6) is 11.5 Å². The van der Waals surface area contributed by atoms with Crippen LogP contribution in [0.25, 0.3) is 0 Å². The number of ether oxygens (including phenoxy) is 2. The van der Waals surface area contributed by atoms with E-state index < -0.39 is 0 Å². The Hall–Kier alpha value is -1.71. The smallest absolute Gasteiger partial charge is 0.227 e. The second-order valence-electron chi connectivity index (χ2n) is 5.48. The van der Waals surface area contributed by atoms with E-state index in [2.05, 4.69) is 26.1 Å². The summed E-state index contributed by atoms with van der Waals surface area (Å²) in [6.07, 6.45) is 2.07. The van der Waals surface area contributed by atoms with Crippen LogP contribution in [0, 0.1) is 5.92 Å². The molecule has 0 aliphatic rings. The van der Waals surface area contributed by atoms with Crippen molar-refractivity contribution < 1.29 is 14.3 Å². The molecule has 1 atom stereocenters. The van der Waals surface area contributed by atoms with Crippen molar-refractivity contribution in [2.75, 3.05) is 20.8 Å². The molecular weight excluding hydrogens is 266 g/mol. The van der Waals surface area contributed by atoms with Gasteiger partial charge in [0.2, 0.25) is 5.91 Å². The summed E-state index contributed by atoms with van der Waals surface area (Å²) in [7, 11) is 3.21. The van der Waals surface area contributed by atoms with E-state index in [-0.39, 0.29) is 17.7 Å². The van der Waals surface area contributed by atoms with Gasteiger partial charge in [-0.15, -0.1) is 0 Å². The summed E-state index contributed by atoms with van der Waals surface area (Å²) in [5, 5.41) is 3.02. The van der Waals surface area contributed by atoms with Crippen molar-refractivity contribution in [3.63, 3.8) is 0 Å². The van der Waals surface area contributed by atoms with Gasteiger partial charge < -0.3 is 14.8 Å². The minimum absolute atomic E-state index is 0.0747. The molecule has 1 amide bonds. The molecule has 0 fully saturated rings. The lowest BCUT2D eigenvalue weighted by Gasteiger charge is -2.22. The topological polar surface area (TPSA) is 47.6 Å². The van der Waals surface area contributed by atoms with Gasteiger partial charge in [0.05, 0.1) is 20.1 Å². The van der Waals surface area contributed by atoms with Gasteiger partial charge >= 0.3 is 0 Å². The molecule has 0 spiro atoms. The SMILES string of the molecule is CCCCNC(=O)C(c1ccc(OC)c(OC)c1)C(C)C. The molecule has 1 N–H and O–H groups in total. The Balaban J connectivity index is 2.97. The molecule has 0 bridgehead atoms. The molecule has 1 aromatic carbocycles. The number of rotatable bonds is 8. The number of benzene rings is 1. The zero-order valence-electron chi connectivity index (χ0n) is 13.7. The van der Waals surface area contributed by atoms with Crippen LogP contribution in [0.1, 0.15) is 45.1 Å². The van der Waals surface area contributed by atoms with Crippen molar-refractivity contribution in [2.45, 2.75) is 39.5 Å². The molecule has 0 aliphatic carbocycles. The maximum Gasteiger partial charge on any atom is 0.227 e. The fourth-order valence-electron chi connectivity index (χ4n) is 2.38. The molecule has 0 radical (unpaired) electrons. The van der Waals surface area contributed by atoms with Crippen LogP contribution >= 0.6 is 0 Å². The highest BCUT2D eigenvalue weighted by atomic mass is 16.5. The maximum atomic E-state index is 12.4. The van der Waals surface area contributed by atoms with Gasteiger partial charge in [0, 0.05) is 6.54 Å². The third kappa shape index (κ3) is 4.66. The fraction of sp³-hybridized carbons (Fsp3) is 0.588. The molecule has 4 heteroatoms. The van der Waals surface area contributed by atoms with Crippen molar-refractivity contribution in [2.24, 2.45) is 5.92 Å². The molecule has 0 aromatic heterocycles. The highest BCUT2D eigenvalue weighted by Crippen LogP contribution is 2.33. The second kappa shape index (κ2) is 8.55. The van der Waals surface area contributed by atoms with Crippen LogP contribution < -0.4 is 14.8 Å². The summed E-state index contributed by atoms with van der Waals surface area (Å²) in [6, 6.07) is 5.68. The molecular formula is C17H27NO3. The Morgan fingerprint density at radius 3 is 2.38 bits per heavy atom. The summed E-state index contributed by atoms with van der Waals surface area (Å²) in [6.45, 7) is 6.95. The molecule has 1 aromatic rings. The zero-order valence-corrected chi connectivity index (χ0v) is 13.7. The average molecular weight is 293 g/mol. The molecule has 0 saturated heterocycles. The number of carbonyl (C=O) groups excluding carboxylic acids is 1. The number of hydrogen-bond acceptors (Lipinski definition) is 3. The predicted molar refractivity (Wildman–Crippen MR) is 85.0 cm³/mol. The average Bonchev–Trinajstić information content (AvgIpc) is 2.47. The maximum absolute atomic E-state index is 12.4. The quantitative estimate of drug-likeness (QED) is 0.748. The van der Waals surface area contributed by atoms with Crippen molar-refractivity contribution in [3.05, 3.63) is 23.8 Å². The van der Waals surface area contributed by atoms with E-state index in [4.69, 9.17) is 9.47 Å². The summed E-state index contributed by atoms with van der Waals surface area (Å²) in [4.78, 5) is 12.4. The highest BCUT2D eigenvalue weighted by molar-refractivity contribution is 5.84. The van der Waals surface area contributed by atoms with Crippen LogP contribution in [0.2, 0.25) is 0 Å². The first-order valence-electron chi connectivity index (χ1n) is 7.54. The van der Waals surface area contributed by atoms with E-state index in [0.717, 1.165) is 24.9 Å². The molecule has 1 unspecified atom stereocenters. The molecule has 0 aliphatic heterocycles. The number of methoxy groups -OCH3 is 2. The van der Waals surface area contributed by atoms with Gasteiger partial charge in [-0.3, -0.25) is 4.79 Å². The molecule has 4 nitrogen and oxygen atoms in total. The third-order valence-corrected chi connectivity index (χ3v) is 3.55. The van der Waals surface area contributed by atoms with E-state index in [1.807, 2.05) is 18.2 Å². The highest BCUT2D eigenvalue weighted by Gasteiger charge is 2.25. The number of nitrogens with one attached hydrogen (secondary N) is 1. The van der Waals surface area contributed by atoms with Gasteiger partial charge in [0.25, 0.3) is 0 Å². The summed E-state index contributed by atoms with van der Waals surface area (Å²) < 4.78 is 10.6. The van der Waals surface area contributed by atoms with Gasteiger partial charge in [-0.2, -0.15) is 0 Å². The van der Waals surface area contributed by atoms with Crippen molar-refractivity contribution >= 4 is 5.91 Å². The van der Waals surface area contributed by atoms with Crippen molar-refractivity contribution in [1.29, 1.82) is 0 Å². The molecule has 1 rings (SSSR count). The lowest BCUT2D eigenvalue weighted by Crippen LogP contribution is -2.32. The zero-order chi connectivity index (χ0) is 15.8. The van der Waals surface area contributed by atoms with Gasteiger partial charge in [-0.25, -0.2) is 0 Å². The number of amides is 1. The minimum Gasteiger partial charge on any atom is -0.493 e. The van der Waals surface area contributed by atoms with E-state index in [9.17, 15) is 4.79 Å². The first-order valence-corrected chi connectivity index (χ1v) is 7.54. The predicted octanol–water partition coefficient (Wildman–Crippen LogP) is 3.36. The lowest BCUT2D eigenvalue weighted by molar-refractivity contribution is -0.123. The molecule has 0 saturated carbocycles. The first-order chi connectivity index (χ1) is 10.0. The largest absolute Gasteiger partial charge is 0.493 e. The summed E-state index contributed by atoms with van der Waals surface area (Å²) >= 11 is 0. The van der Waals surface area contributed by atoms with Gasteiger partial charge in [0.1, 0.15) is 0 Å². The standard InChI is InChI=1S/C17H27NO3/c1-6-7-10-18-17(19)16(12(2)3)13-8-9-14(20-4)15(11-13)21-5/h8-9,11-12,16H,6-7,10H2,1-5H3,(H,18,19). The molecule has 118 valence electrons. The number of unbranched alkanes of at least 4 members (excludes halogenated alkanes) is 1. The lowest BCUT2D eigenvalue weighted by atomic mass is 9.87. The number of carbonyl (C=O) groups is 1. The van der Waals surface area contributed by atoms with Crippen LogP contribution in [0.4, 0.5) is 0 Å². The summed E-state index contributed by atoms with van der Waals surface area (Å²) in [5.41, 5.74) is 0.955. The monoisotopic (exact) mass is 293 g/mol. The third-order valence-electron chi connectivity index (χ3n) is 3.55. The second-order valence-corrected chi connectivity index (χ2v) is 5.48. The van der Waals surface area contributed by atoms with Crippen LogP contribution in [-0.4, -0.2) is 26.7 Å². The molecule has 21 heavy (non-hydrogen) atoms. The Morgan fingerprint density at radius 1 is 1.19 bits per heavy atom. The van der Waals surface area contributed by atoms with Gasteiger partial charge in [0.15, 0.2) is 11.5 Å². The Labute approximate surface area is 127 Å². The molecule has 0 heterocycles. The minimum atomic E-state index is -0.179. The number of hydrogen-bond donors (Lipinski definition) is 1. The van der Waals surface area contributed by atoms with E-state index >= 15 is 0 Å². The van der Waals surface area contributed by atoms with Crippen LogP contribution in [-0.2, 0) is 4.79 Å². The van der Waals surface area contributed by atoms with E-state index in [0.29, 0.717) is 11.5 Å². The fourth-order valence-corrected chi connectivity index (χ4v) is 2.38. The van der Waals surface area contributed by atoms with Gasteiger partial charge in [-0.1, -0.05) is 33.3 Å². The van der Waals surface area contributed by atoms with Crippen molar-refractivity contribution in [3.8, 4) is 11.5 Å². The van der Waals surface area contributed by atoms with E-state index in [1.54, 1.807) is 14.2 Å².